The molecule has 1 fully saturated rings. The number of aromatic nitrogens is 1. The first-order chi connectivity index (χ1) is 14.0. The highest BCUT2D eigenvalue weighted by Gasteiger charge is 2.24. The zero-order valence-corrected chi connectivity index (χ0v) is 17.4. The average molecular weight is 424 g/mol. The largest absolute Gasteiger partial charge is 0.497 e. The second-order valence-corrected chi connectivity index (χ2v) is 7.91. The third-order valence-electron chi connectivity index (χ3n) is 4.39. The predicted molar refractivity (Wildman–Crippen MR) is 119 cm³/mol. The Hall–Kier alpha value is -2.96. The second kappa shape index (κ2) is 8.19. The molecule has 0 radical (unpaired) electrons. The smallest absolute Gasteiger partial charge is 0.264 e. The minimum absolute atomic E-state index is 0.155. The summed E-state index contributed by atoms with van der Waals surface area (Å²) in [4.78, 5) is 17.4. The number of nitrogens with zero attached hydrogens (tertiary/aromatic N) is 2. The monoisotopic (exact) mass is 423 g/mol. The molecule has 1 N–H and O–H groups in total. The number of halogens is 1. The van der Waals surface area contributed by atoms with Gasteiger partial charge in [0.25, 0.3) is 5.91 Å². The fourth-order valence-corrected chi connectivity index (χ4v) is 3.93. The maximum absolute atomic E-state index is 12.3. The standard InChI is InChI=1S/C22H18ClN3O2S/c1-14-11-15(13-26(14)18-7-9-19(28-2)10-8-18)12-20-21(27)25-22(29-20)24-17-5-3-16(23)4-6-17/h3-13H,1-2H3,(H,24,25,27)/b20-12+. The molecule has 146 valence electrons. The molecule has 1 aromatic heterocycles. The van der Waals surface area contributed by atoms with Crippen LogP contribution in [0.1, 0.15) is 11.3 Å². The molecule has 7 heteroatoms. The van der Waals surface area contributed by atoms with E-state index in [1.165, 1.54) is 11.8 Å². The number of amidine groups is 1. The van der Waals surface area contributed by atoms with Crippen molar-refractivity contribution in [3.8, 4) is 11.4 Å². The third-order valence-corrected chi connectivity index (χ3v) is 5.55. The summed E-state index contributed by atoms with van der Waals surface area (Å²) >= 11 is 7.22. The Morgan fingerprint density at radius 3 is 2.55 bits per heavy atom. The van der Waals surface area contributed by atoms with Crippen molar-refractivity contribution in [3.63, 3.8) is 0 Å². The van der Waals surface area contributed by atoms with Crippen LogP contribution < -0.4 is 10.1 Å². The van der Waals surface area contributed by atoms with E-state index in [2.05, 4.69) is 14.9 Å². The molecule has 29 heavy (non-hydrogen) atoms. The third kappa shape index (κ3) is 4.39. The number of rotatable bonds is 4. The molecule has 2 aromatic carbocycles. The van der Waals surface area contributed by atoms with Gasteiger partial charge >= 0.3 is 0 Å². The van der Waals surface area contributed by atoms with Gasteiger partial charge in [0.1, 0.15) is 5.75 Å². The number of carbonyl (C=O) groups is 1. The van der Waals surface area contributed by atoms with Crippen molar-refractivity contribution in [1.29, 1.82) is 0 Å². The van der Waals surface area contributed by atoms with Crippen LogP contribution in [-0.4, -0.2) is 22.8 Å². The van der Waals surface area contributed by atoms with Crippen molar-refractivity contribution in [2.45, 2.75) is 6.92 Å². The van der Waals surface area contributed by atoms with Gasteiger partial charge in [0.15, 0.2) is 5.17 Å². The highest BCUT2D eigenvalue weighted by molar-refractivity contribution is 8.18. The van der Waals surface area contributed by atoms with Crippen molar-refractivity contribution < 1.29 is 9.53 Å². The number of hydrogen-bond donors (Lipinski definition) is 1. The highest BCUT2D eigenvalue weighted by atomic mass is 35.5. The zero-order valence-electron chi connectivity index (χ0n) is 15.8. The summed E-state index contributed by atoms with van der Waals surface area (Å²) in [5.41, 5.74) is 3.78. The summed E-state index contributed by atoms with van der Waals surface area (Å²) in [6.45, 7) is 2.03. The molecule has 0 bridgehead atoms. The van der Waals surface area contributed by atoms with E-state index in [0.29, 0.717) is 15.1 Å². The first-order valence-corrected chi connectivity index (χ1v) is 10.1. The Morgan fingerprint density at radius 1 is 1.14 bits per heavy atom. The summed E-state index contributed by atoms with van der Waals surface area (Å²) < 4.78 is 7.29. The molecule has 1 saturated heterocycles. The maximum atomic E-state index is 12.3. The number of carbonyl (C=O) groups excluding carboxylic acids is 1. The molecule has 1 aliphatic heterocycles. The minimum Gasteiger partial charge on any atom is -0.497 e. The number of aryl methyl sites for hydroxylation is 1. The van der Waals surface area contributed by atoms with Crippen LogP contribution in [0.5, 0.6) is 5.75 Å². The topological polar surface area (TPSA) is 55.6 Å². The highest BCUT2D eigenvalue weighted by Crippen LogP contribution is 2.29. The van der Waals surface area contributed by atoms with Gasteiger partial charge in [0.05, 0.1) is 17.7 Å². The van der Waals surface area contributed by atoms with Crippen molar-refractivity contribution in [2.75, 3.05) is 7.11 Å². The molecule has 5 nitrogen and oxygen atoms in total. The van der Waals surface area contributed by atoms with E-state index in [1.807, 2.05) is 61.7 Å². The number of methoxy groups -OCH3 is 1. The van der Waals surface area contributed by atoms with Crippen LogP contribution in [0.15, 0.2) is 70.7 Å². The van der Waals surface area contributed by atoms with Crippen LogP contribution in [0.25, 0.3) is 11.8 Å². The molecule has 0 saturated carbocycles. The van der Waals surface area contributed by atoms with Crippen molar-refractivity contribution in [3.05, 3.63) is 82.0 Å². The fourth-order valence-electron chi connectivity index (χ4n) is 2.96. The van der Waals surface area contributed by atoms with Gasteiger partial charge in [0, 0.05) is 22.6 Å². The molecule has 1 aliphatic rings. The summed E-state index contributed by atoms with van der Waals surface area (Å²) in [7, 11) is 1.65. The first-order valence-electron chi connectivity index (χ1n) is 8.90. The van der Waals surface area contributed by atoms with Crippen LogP contribution in [0.4, 0.5) is 5.69 Å². The SMILES string of the molecule is COc1ccc(-n2cc(/C=C3/SC(=Nc4ccc(Cl)cc4)NC3=O)cc2C)cc1. The van der Waals surface area contributed by atoms with Crippen molar-refractivity contribution in [2.24, 2.45) is 4.99 Å². The van der Waals surface area contributed by atoms with E-state index in [4.69, 9.17) is 16.3 Å². The average Bonchev–Trinajstić information content (AvgIpc) is 3.25. The molecule has 0 aliphatic carbocycles. The molecule has 0 unspecified atom stereocenters. The summed E-state index contributed by atoms with van der Waals surface area (Å²) in [6, 6.07) is 17.0. The van der Waals surface area contributed by atoms with E-state index in [9.17, 15) is 4.79 Å². The number of amides is 1. The minimum atomic E-state index is -0.155. The van der Waals surface area contributed by atoms with Gasteiger partial charge in [-0.3, -0.25) is 4.79 Å². The van der Waals surface area contributed by atoms with Gasteiger partial charge in [-0.2, -0.15) is 0 Å². The van der Waals surface area contributed by atoms with Crippen molar-refractivity contribution >= 4 is 46.2 Å². The van der Waals surface area contributed by atoms with Crippen LogP contribution in [0, 0.1) is 6.92 Å². The van der Waals surface area contributed by atoms with Gasteiger partial charge in [0.2, 0.25) is 0 Å². The normalized spacial score (nSPS) is 16.4. The lowest BCUT2D eigenvalue weighted by atomic mass is 10.3. The molecular formula is C22H18ClN3O2S. The second-order valence-electron chi connectivity index (χ2n) is 6.44. The summed E-state index contributed by atoms with van der Waals surface area (Å²) in [6.07, 6.45) is 3.88. The van der Waals surface area contributed by atoms with Gasteiger partial charge in [-0.1, -0.05) is 11.6 Å². The molecule has 0 atom stereocenters. The van der Waals surface area contributed by atoms with E-state index >= 15 is 0 Å². The van der Waals surface area contributed by atoms with Gasteiger partial charge < -0.3 is 14.6 Å². The Morgan fingerprint density at radius 2 is 1.86 bits per heavy atom. The van der Waals surface area contributed by atoms with Crippen LogP contribution in [0.2, 0.25) is 5.02 Å². The van der Waals surface area contributed by atoms with Crippen LogP contribution in [-0.2, 0) is 4.79 Å². The predicted octanol–water partition coefficient (Wildman–Crippen LogP) is 5.34. The number of thioether (sulfide) groups is 1. The number of ether oxygens (including phenoxy) is 1. The maximum Gasteiger partial charge on any atom is 0.264 e. The lowest BCUT2D eigenvalue weighted by molar-refractivity contribution is -0.115. The van der Waals surface area contributed by atoms with E-state index in [0.717, 1.165) is 28.4 Å². The number of hydrogen-bond acceptors (Lipinski definition) is 4. The molecule has 0 spiro atoms. The van der Waals surface area contributed by atoms with Crippen LogP contribution in [0.3, 0.4) is 0 Å². The van der Waals surface area contributed by atoms with Gasteiger partial charge in [-0.15, -0.1) is 0 Å². The quantitative estimate of drug-likeness (QED) is 0.576. The van der Waals surface area contributed by atoms with E-state index < -0.39 is 0 Å². The lowest BCUT2D eigenvalue weighted by Gasteiger charge is -2.06. The molecule has 4 rings (SSSR count). The van der Waals surface area contributed by atoms with Crippen LogP contribution >= 0.6 is 23.4 Å². The van der Waals surface area contributed by atoms with Gasteiger partial charge in [-0.25, -0.2) is 4.99 Å². The Bertz CT molecular complexity index is 1120. The number of nitrogens with one attached hydrogen (secondary N) is 1. The zero-order chi connectivity index (χ0) is 20.4. The summed E-state index contributed by atoms with van der Waals surface area (Å²) in [5, 5.41) is 4.00. The van der Waals surface area contributed by atoms with E-state index in [1.54, 1.807) is 19.2 Å². The summed E-state index contributed by atoms with van der Waals surface area (Å²) in [5.74, 6) is 0.657. The van der Waals surface area contributed by atoms with Crippen molar-refractivity contribution in [1.82, 2.24) is 9.88 Å². The fraction of sp³-hybridized carbons (Fsp3) is 0.0909. The molecular weight excluding hydrogens is 406 g/mol. The Kier molecular flexibility index (Phi) is 5.47. The molecule has 3 aromatic rings. The van der Waals surface area contributed by atoms with E-state index in [-0.39, 0.29) is 5.91 Å². The number of aliphatic imine (C=N–C) groups is 1. The Balaban J connectivity index is 1.56. The van der Waals surface area contributed by atoms with Gasteiger partial charge in [-0.05, 0) is 84.9 Å². The molecule has 2 heterocycles. The Labute approximate surface area is 178 Å². The number of benzene rings is 2. The lowest BCUT2D eigenvalue weighted by Crippen LogP contribution is -2.19. The molecule has 1 amide bonds. The first kappa shape index (κ1) is 19.4.